The Bertz CT molecular complexity index is 354. The van der Waals surface area contributed by atoms with Crippen LogP contribution in [0.25, 0.3) is 0 Å². The van der Waals surface area contributed by atoms with E-state index in [0.717, 1.165) is 18.1 Å². The number of carbonyl (C=O) groups is 1. The van der Waals surface area contributed by atoms with Crippen molar-refractivity contribution in [3.63, 3.8) is 0 Å². The zero-order chi connectivity index (χ0) is 13.4. The monoisotopic (exact) mass is 267 g/mol. The van der Waals surface area contributed by atoms with Crippen LogP contribution in [0.2, 0.25) is 0 Å². The summed E-state index contributed by atoms with van der Waals surface area (Å²) in [6.45, 7) is 4.57. The Labute approximate surface area is 113 Å². The molecular weight excluding hydrogens is 246 g/mol. The van der Waals surface area contributed by atoms with Crippen molar-refractivity contribution in [2.45, 2.75) is 25.6 Å². The quantitative estimate of drug-likeness (QED) is 0.711. The Kier molecular flexibility index (Phi) is 6.83. The number of aliphatic carboxylic acids is 1. The zero-order valence-corrected chi connectivity index (χ0v) is 11.7. The van der Waals surface area contributed by atoms with E-state index in [1.807, 2.05) is 43.8 Å². The molecule has 3 nitrogen and oxygen atoms in total. The van der Waals surface area contributed by atoms with Gasteiger partial charge in [-0.1, -0.05) is 44.2 Å². The summed E-state index contributed by atoms with van der Waals surface area (Å²) in [5.74, 6) is 1.24. The third-order valence-corrected chi connectivity index (χ3v) is 3.69. The van der Waals surface area contributed by atoms with Gasteiger partial charge in [-0.05, 0) is 11.5 Å². The van der Waals surface area contributed by atoms with Gasteiger partial charge in [0.25, 0.3) is 0 Å². The van der Waals surface area contributed by atoms with Gasteiger partial charge in [0.1, 0.15) is 6.04 Å². The molecule has 0 unspecified atom stereocenters. The van der Waals surface area contributed by atoms with Gasteiger partial charge in [-0.25, -0.2) is 0 Å². The highest BCUT2D eigenvalue weighted by molar-refractivity contribution is 7.98. The molecule has 0 aliphatic carbocycles. The molecule has 0 bridgehead atoms. The second-order valence-corrected chi connectivity index (χ2v) is 5.66. The summed E-state index contributed by atoms with van der Waals surface area (Å²) in [5, 5.41) is 12.1. The average molecular weight is 267 g/mol. The van der Waals surface area contributed by atoms with E-state index in [1.165, 1.54) is 5.56 Å². The molecule has 4 heteroatoms. The highest BCUT2D eigenvalue weighted by atomic mass is 32.2. The number of hydrogen-bond donors (Lipinski definition) is 2. The molecule has 0 radical (unpaired) electrons. The molecule has 0 aliphatic rings. The van der Waals surface area contributed by atoms with Gasteiger partial charge in [-0.2, -0.15) is 11.8 Å². The summed E-state index contributed by atoms with van der Waals surface area (Å²) in [5.41, 5.74) is 1.31. The molecule has 0 saturated heterocycles. The minimum absolute atomic E-state index is 0.113. The van der Waals surface area contributed by atoms with E-state index in [-0.39, 0.29) is 5.92 Å². The van der Waals surface area contributed by atoms with E-state index in [9.17, 15) is 4.79 Å². The SMILES string of the molecule is CC(C)[C@H](NCCSCc1ccccc1)C(=O)O. The van der Waals surface area contributed by atoms with Gasteiger partial charge in [0.2, 0.25) is 0 Å². The first-order valence-electron chi connectivity index (χ1n) is 6.19. The standard InChI is InChI=1S/C14H21NO2S/c1-11(2)13(14(16)17)15-8-9-18-10-12-6-4-3-5-7-12/h3-7,11,13,15H,8-10H2,1-2H3,(H,16,17)/t13-/m0/s1. The lowest BCUT2D eigenvalue weighted by molar-refractivity contribution is -0.140. The number of benzene rings is 1. The third kappa shape index (κ3) is 5.56. The Hall–Kier alpha value is -1.00. The van der Waals surface area contributed by atoms with Crippen molar-refractivity contribution >= 4 is 17.7 Å². The molecule has 0 spiro atoms. The lowest BCUT2D eigenvalue weighted by atomic mass is 10.1. The van der Waals surface area contributed by atoms with E-state index in [1.54, 1.807) is 0 Å². The molecule has 18 heavy (non-hydrogen) atoms. The van der Waals surface area contributed by atoms with Crippen molar-refractivity contribution in [1.82, 2.24) is 5.32 Å². The molecule has 0 aromatic heterocycles. The molecule has 100 valence electrons. The van der Waals surface area contributed by atoms with Crippen LogP contribution in [0, 0.1) is 5.92 Å². The summed E-state index contributed by atoms with van der Waals surface area (Å²) in [6, 6.07) is 9.85. The van der Waals surface area contributed by atoms with E-state index in [2.05, 4.69) is 17.4 Å². The summed E-state index contributed by atoms with van der Waals surface area (Å²) >= 11 is 1.82. The van der Waals surface area contributed by atoms with E-state index < -0.39 is 12.0 Å². The minimum Gasteiger partial charge on any atom is -0.480 e. The first-order chi connectivity index (χ1) is 8.61. The molecule has 0 aliphatic heterocycles. The van der Waals surface area contributed by atoms with Crippen LogP contribution < -0.4 is 5.32 Å². The Morgan fingerprint density at radius 2 is 2.00 bits per heavy atom. The van der Waals surface area contributed by atoms with Crippen LogP contribution in [0.15, 0.2) is 30.3 Å². The van der Waals surface area contributed by atoms with E-state index in [0.29, 0.717) is 0 Å². The maximum atomic E-state index is 11.0. The number of carboxylic acids is 1. The predicted molar refractivity (Wildman–Crippen MR) is 76.9 cm³/mol. The Morgan fingerprint density at radius 1 is 1.33 bits per heavy atom. The second kappa shape index (κ2) is 8.16. The van der Waals surface area contributed by atoms with Crippen LogP contribution in [-0.2, 0) is 10.5 Å². The van der Waals surface area contributed by atoms with E-state index in [4.69, 9.17) is 5.11 Å². The summed E-state index contributed by atoms with van der Waals surface area (Å²) in [6.07, 6.45) is 0. The van der Waals surface area contributed by atoms with Crippen LogP contribution in [0.5, 0.6) is 0 Å². The van der Waals surface area contributed by atoms with Gasteiger partial charge in [-0.15, -0.1) is 0 Å². The minimum atomic E-state index is -0.766. The molecular formula is C14H21NO2S. The van der Waals surface area contributed by atoms with Gasteiger partial charge in [0, 0.05) is 18.1 Å². The van der Waals surface area contributed by atoms with Gasteiger partial charge < -0.3 is 10.4 Å². The normalized spacial score (nSPS) is 12.6. The summed E-state index contributed by atoms with van der Waals surface area (Å²) < 4.78 is 0. The van der Waals surface area contributed by atoms with Crippen LogP contribution >= 0.6 is 11.8 Å². The first kappa shape index (κ1) is 15.1. The van der Waals surface area contributed by atoms with Crippen LogP contribution in [0.1, 0.15) is 19.4 Å². The molecule has 0 heterocycles. The second-order valence-electron chi connectivity index (χ2n) is 4.55. The molecule has 1 aromatic carbocycles. The highest BCUT2D eigenvalue weighted by Crippen LogP contribution is 2.11. The average Bonchev–Trinajstić information content (AvgIpc) is 2.34. The fraction of sp³-hybridized carbons (Fsp3) is 0.500. The molecule has 0 saturated carbocycles. The van der Waals surface area contributed by atoms with Crippen molar-refractivity contribution in [1.29, 1.82) is 0 Å². The maximum absolute atomic E-state index is 11.0. The molecule has 2 N–H and O–H groups in total. The molecule has 1 atom stereocenters. The smallest absolute Gasteiger partial charge is 0.320 e. The number of nitrogens with one attached hydrogen (secondary N) is 1. The first-order valence-corrected chi connectivity index (χ1v) is 7.34. The van der Waals surface area contributed by atoms with Crippen LogP contribution in [0.4, 0.5) is 0 Å². The zero-order valence-electron chi connectivity index (χ0n) is 10.9. The lowest BCUT2D eigenvalue weighted by Crippen LogP contribution is -2.41. The number of carboxylic acid groups (broad SMARTS) is 1. The van der Waals surface area contributed by atoms with Gasteiger partial charge >= 0.3 is 5.97 Å². The van der Waals surface area contributed by atoms with Gasteiger partial charge in [0.05, 0.1) is 0 Å². The maximum Gasteiger partial charge on any atom is 0.320 e. The fourth-order valence-electron chi connectivity index (χ4n) is 1.66. The highest BCUT2D eigenvalue weighted by Gasteiger charge is 2.19. The summed E-state index contributed by atoms with van der Waals surface area (Å²) in [4.78, 5) is 11.0. The Balaban J connectivity index is 2.17. The largest absolute Gasteiger partial charge is 0.480 e. The van der Waals surface area contributed by atoms with Gasteiger partial charge in [-0.3, -0.25) is 4.79 Å². The molecule has 1 aromatic rings. The van der Waals surface area contributed by atoms with Crippen molar-refractivity contribution in [2.24, 2.45) is 5.92 Å². The third-order valence-electron chi connectivity index (χ3n) is 2.65. The lowest BCUT2D eigenvalue weighted by Gasteiger charge is -2.17. The number of rotatable bonds is 8. The van der Waals surface area contributed by atoms with Crippen molar-refractivity contribution in [3.05, 3.63) is 35.9 Å². The van der Waals surface area contributed by atoms with Gasteiger partial charge in [0.15, 0.2) is 0 Å². The molecule has 0 amide bonds. The summed E-state index contributed by atoms with van der Waals surface area (Å²) in [7, 11) is 0. The fourth-order valence-corrected chi connectivity index (χ4v) is 2.49. The van der Waals surface area contributed by atoms with E-state index >= 15 is 0 Å². The van der Waals surface area contributed by atoms with Crippen LogP contribution in [-0.4, -0.2) is 29.4 Å². The Morgan fingerprint density at radius 3 is 2.56 bits per heavy atom. The molecule has 0 fully saturated rings. The number of thioether (sulfide) groups is 1. The van der Waals surface area contributed by atoms with Crippen molar-refractivity contribution in [3.8, 4) is 0 Å². The van der Waals surface area contributed by atoms with Crippen molar-refractivity contribution in [2.75, 3.05) is 12.3 Å². The van der Waals surface area contributed by atoms with Crippen molar-refractivity contribution < 1.29 is 9.90 Å². The predicted octanol–water partition coefficient (Wildman–Crippen LogP) is 2.62. The number of hydrogen-bond acceptors (Lipinski definition) is 3. The molecule has 1 rings (SSSR count). The van der Waals surface area contributed by atoms with Crippen LogP contribution in [0.3, 0.4) is 0 Å². The topological polar surface area (TPSA) is 49.3 Å².